The zero-order valence-electron chi connectivity index (χ0n) is 11.2. The highest BCUT2D eigenvalue weighted by Gasteiger charge is 1.99. The third-order valence-corrected chi connectivity index (χ3v) is 1.51. The molecule has 0 rings (SSSR count). The Labute approximate surface area is 137 Å². The normalized spacial score (nSPS) is 8.48. The first-order valence-corrected chi connectivity index (χ1v) is 7.01. The summed E-state index contributed by atoms with van der Waals surface area (Å²) in [6.07, 6.45) is 0.112. The summed E-state index contributed by atoms with van der Waals surface area (Å²) in [7, 11) is 0. The van der Waals surface area contributed by atoms with Crippen molar-refractivity contribution in [2.75, 3.05) is 38.6 Å². The van der Waals surface area contributed by atoms with Gasteiger partial charge in [0.15, 0.2) is 12.1 Å². The zero-order chi connectivity index (χ0) is 16.9. The second-order valence-corrected chi connectivity index (χ2v) is 3.47. The topological polar surface area (TPSA) is 123 Å². The molecule has 0 amide bonds. The molecule has 11 heteroatoms. The van der Waals surface area contributed by atoms with Crippen molar-refractivity contribution < 1.29 is 39.1 Å². The number of aliphatic hydroxyl groups excluding tert-OH is 3. The van der Waals surface area contributed by atoms with Gasteiger partial charge in [0.05, 0.1) is 6.61 Å². The van der Waals surface area contributed by atoms with Crippen molar-refractivity contribution in [3.8, 4) is 0 Å². The Balaban J connectivity index is -0.000000252. The fraction of sp³-hybridized carbons (Fsp3) is 0.800. The van der Waals surface area contributed by atoms with Crippen LogP contribution in [-0.2, 0) is 14.2 Å². The largest absolute Gasteiger partial charge is 0.509 e. The van der Waals surface area contributed by atoms with E-state index in [1.807, 2.05) is 0 Å². The molecule has 0 aliphatic heterocycles. The summed E-state index contributed by atoms with van der Waals surface area (Å²) in [4.78, 5) is 19.8. The third kappa shape index (κ3) is 38.2. The molecule has 0 atom stereocenters. The van der Waals surface area contributed by atoms with E-state index in [0.717, 1.165) is 0 Å². The van der Waals surface area contributed by atoms with Crippen LogP contribution in [0.2, 0.25) is 0 Å². The third-order valence-electron chi connectivity index (χ3n) is 1.18. The second-order valence-electron chi connectivity index (χ2n) is 2.72. The van der Waals surface area contributed by atoms with Gasteiger partial charge in [0.1, 0.15) is 0 Å². The van der Waals surface area contributed by atoms with E-state index in [1.165, 1.54) is 0 Å². The van der Waals surface area contributed by atoms with Gasteiger partial charge in [-0.2, -0.15) is 0 Å². The van der Waals surface area contributed by atoms with E-state index in [1.54, 1.807) is 0 Å². The average Bonchev–Trinajstić information content (AvgIpc) is 2.41. The lowest BCUT2D eigenvalue weighted by atomic mass is 10.5. The van der Waals surface area contributed by atoms with Crippen LogP contribution in [0, 0.1) is 0 Å². The molecular formula is C10H19Cl3O8. The SMILES string of the molecule is O=C(Cl)OCCl.O=C(OCCl)OCCCO.OCCCO. The number of alkyl halides is 2. The molecule has 0 aromatic heterocycles. The van der Waals surface area contributed by atoms with Crippen molar-refractivity contribution in [3.63, 3.8) is 0 Å². The molecule has 0 aromatic carbocycles. The second kappa shape index (κ2) is 24.5. The Morgan fingerprint density at radius 1 is 0.810 bits per heavy atom. The molecule has 0 fully saturated rings. The molecule has 0 radical (unpaired) electrons. The molecule has 0 saturated heterocycles. The summed E-state index contributed by atoms with van der Waals surface area (Å²) < 4.78 is 12.6. The van der Waals surface area contributed by atoms with Gasteiger partial charge in [-0.05, 0) is 6.42 Å². The minimum atomic E-state index is -0.870. The lowest BCUT2D eigenvalue weighted by Crippen LogP contribution is -2.07. The van der Waals surface area contributed by atoms with Gasteiger partial charge in [-0.15, -0.1) is 0 Å². The van der Waals surface area contributed by atoms with E-state index in [0.29, 0.717) is 12.8 Å². The summed E-state index contributed by atoms with van der Waals surface area (Å²) >= 11 is 14.5. The number of ether oxygens (including phenoxy) is 3. The molecule has 128 valence electrons. The average molecular weight is 374 g/mol. The van der Waals surface area contributed by atoms with Crippen molar-refractivity contribution >= 4 is 46.4 Å². The first-order valence-electron chi connectivity index (χ1n) is 5.56. The summed E-state index contributed by atoms with van der Waals surface area (Å²) in [6, 6.07) is -0.389. The Morgan fingerprint density at radius 2 is 1.29 bits per heavy atom. The molecule has 0 unspecified atom stereocenters. The molecule has 0 spiro atoms. The van der Waals surface area contributed by atoms with Gasteiger partial charge in [0, 0.05) is 37.8 Å². The number of halogens is 3. The van der Waals surface area contributed by atoms with Crippen LogP contribution in [0.15, 0.2) is 0 Å². The first-order chi connectivity index (χ1) is 9.99. The summed E-state index contributed by atoms with van der Waals surface area (Å²) in [5.41, 5.74) is -0.870. The molecule has 0 heterocycles. The highest BCUT2D eigenvalue weighted by Crippen LogP contribution is 1.88. The van der Waals surface area contributed by atoms with Crippen molar-refractivity contribution in [2.45, 2.75) is 12.8 Å². The predicted molar refractivity (Wildman–Crippen MR) is 76.7 cm³/mol. The van der Waals surface area contributed by atoms with Crippen molar-refractivity contribution in [3.05, 3.63) is 0 Å². The minimum Gasteiger partial charge on any atom is -0.437 e. The highest BCUT2D eigenvalue weighted by atomic mass is 35.5. The molecule has 8 nitrogen and oxygen atoms in total. The maximum Gasteiger partial charge on any atom is 0.509 e. The molecule has 0 saturated carbocycles. The number of rotatable bonds is 7. The molecule has 0 aliphatic rings. The van der Waals surface area contributed by atoms with E-state index in [2.05, 4.69) is 25.8 Å². The Morgan fingerprint density at radius 3 is 1.52 bits per heavy atom. The van der Waals surface area contributed by atoms with Crippen LogP contribution < -0.4 is 0 Å². The van der Waals surface area contributed by atoms with Crippen LogP contribution in [-0.4, -0.2) is 65.5 Å². The monoisotopic (exact) mass is 372 g/mol. The van der Waals surface area contributed by atoms with E-state index in [4.69, 9.17) is 38.5 Å². The van der Waals surface area contributed by atoms with E-state index < -0.39 is 11.6 Å². The maximum absolute atomic E-state index is 10.3. The lowest BCUT2D eigenvalue weighted by molar-refractivity contribution is 0.0631. The standard InChI is InChI=1S/C5H9ClO4.C3H8O2.C2H2Cl2O2/c6-4-10-5(8)9-3-1-2-7;4-2-1-3-5;3-1-6-2(4)5/h7H,1-4H2;4-5H,1-3H2;1H2. The van der Waals surface area contributed by atoms with Gasteiger partial charge in [0.2, 0.25) is 0 Å². The van der Waals surface area contributed by atoms with Crippen LogP contribution >= 0.6 is 34.8 Å². The van der Waals surface area contributed by atoms with Crippen LogP contribution in [0.4, 0.5) is 9.59 Å². The summed E-state index contributed by atoms with van der Waals surface area (Å²) in [6.45, 7) is 0.341. The highest BCUT2D eigenvalue weighted by molar-refractivity contribution is 6.61. The fourth-order valence-corrected chi connectivity index (χ4v) is 0.718. The quantitative estimate of drug-likeness (QED) is 0.266. The smallest absolute Gasteiger partial charge is 0.437 e. The Kier molecular flexibility index (Phi) is 29.7. The molecule has 0 bridgehead atoms. The van der Waals surface area contributed by atoms with Gasteiger partial charge in [0.25, 0.3) is 0 Å². The van der Waals surface area contributed by atoms with E-state index >= 15 is 0 Å². The van der Waals surface area contributed by atoms with Crippen LogP contribution in [0.3, 0.4) is 0 Å². The van der Waals surface area contributed by atoms with Crippen molar-refractivity contribution in [1.82, 2.24) is 0 Å². The van der Waals surface area contributed by atoms with E-state index in [9.17, 15) is 9.59 Å². The van der Waals surface area contributed by atoms with Gasteiger partial charge in [-0.3, -0.25) is 0 Å². The van der Waals surface area contributed by atoms with Gasteiger partial charge in [-0.1, -0.05) is 23.2 Å². The van der Waals surface area contributed by atoms with Crippen LogP contribution in [0.1, 0.15) is 12.8 Å². The van der Waals surface area contributed by atoms with Crippen molar-refractivity contribution in [2.24, 2.45) is 0 Å². The predicted octanol–water partition coefficient (Wildman–Crippen LogP) is 1.64. The number of hydrogen-bond acceptors (Lipinski definition) is 8. The molecule has 21 heavy (non-hydrogen) atoms. The number of carbonyl (C=O) groups is 2. The Hall–Kier alpha value is -0.510. The number of aliphatic hydroxyl groups is 3. The summed E-state index contributed by atoms with van der Waals surface area (Å²) in [5.74, 6) is 0. The number of hydrogen-bond donors (Lipinski definition) is 3. The maximum atomic E-state index is 10.3. The summed E-state index contributed by atoms with van der Waals surface area (Å²) in [5, 5.41) is 24.1. The number of carbonyl (C=O) groups excluding carboxylic acids is 2. The molecule has 0 aromatic rings. The minimum absolute atomic E-state index is 0.00580. The lowest BCUT2D eigenvalue weighted by Gasteiger charge is -2.00. The van der Waals surface area contributed by atoms with Gasteiger partial charge in [-0.25, -0.2) is 9.59 Å². The van der Waals surface area contributed by atoms with Crippen LogP contribution in [0.25, 0.3) is 0 Å². The van der Waals surface area contributed by atoms with E-state index in [-0.39, 0.29) is 38.6 Å². The van der Waals surface area contributed by atoms with Gasteiger partial charge < -0.3 is 29.5 Å². The van der Waals surface area contributed by atoms with Crippen LogP contribution in [0.5, 0.6) is 0 Å². The molecular weight excluding hydrogens is 354 g/mol. The Bertz CT molecular complexity index is 228. The van der Waals surface area contributed by atoms with Gasteiger partial charge >= 0.3 is 11.6 Å². The zero-order valence-corrected chi connectivity index (χ0v) is 13.4. The molecule has 0 aliphatic carbocycles. The van der Waals surface area contributed by atoms with Crippen molar-refractivity contribution in [1.29, 1.82) is 0 Å². The molecule has 3 N–H and O–H groups in total. The fourth-order valence-electron chi connectivity index (χ4n) is 0.420. The first kappa shape index (κ1) is 25.4.